The summed E-state index contributed by atoms with van der Waals surface area (Å²) < 4.78 is 0. The lowest BCUT2D eigenvalue weighted by Gasteiger charge is -2.02. The summed E-state index contributed by atoms with van der Waals surface area (Å²) in [6.45, 7) is -0.278. The largest absolute Gasteiger partial charge is 0.481 e. The molecule has 0 aliphatic carbocycles. The summed E-state index contributed by atoms with van der Waals surface area (Å²) in [5.74, 6) is -3.57. The molecule has 2 atom stereocenters. The van der Waals surface area contributed by atoms with Crippen molar-refractivity contribution in [3.05, 3.63) is 0 Å². The summed E-state index contributed by atoms with van der Waals surface area (Å²) in [5, 5.41) is 31.9. The molecule has 0 spiro atoms. The van der Waals surface area contributed by atoms with Crippen LogP contribution in [0.25, 0.3) is 0 Å². The topological polar surface area (TPSA) is 227 Å². The van der Waals surface area contributed by atoms with Crippen molar-refractivity contribution in [2.75, 3.05) is 18.6 Å². The zero-order chi connectivity index (χ0) is 19.0. The first-order valence-electron chi connectivity index (χ1n) is 6.08. The molecule has 23 heavy (non-hydrogen) atoms. The number of aliphatic carboxylic acids is 4. The van der Waals surface area contributed by atoms with Crippen LogP contribution in [-0.2, 0) is 19.2 Å². The second kappa shape index (κ2) is 16.5. The number of hydrogen-bond acceptors (Lipinski definition) is 8. The smallest absolute Gasteiger partial charge is 0.321 e. The zero-order valence-corrected chi connectivity index (χ0v) is 13.4. The molecule has 0 amide bonds. The SMILES string of the molecule is CSCCC(N)C(=O)O.NC(CC(=O)O)C(=O)O.NCC(=O)O. The van der Waals surface area contributed by atoms with Gasteiger partial charge in [0.1, 0.15) is 12.1 Å². The Morgan fingerprint density at radius 2 is 1.30 bits per heavy atom. The molecule has 0 aromatic carbocycles. The fourth-order valence-electron chi connectivity index (χ4n) is 0.644. The van der Waals surface area contributed by atoms with Crippen molar-refractivity contribution >= 4 is 35.6 Å². The first-order valence-corrected chi connectivity index (χ1v) is 7.48. The molecule has 0 saturated carbocycles. The Bertz CT molecular complexity index is 380. The van der Waals surface area contributed by atoms with Gasteiger partial charge in [-0.05, 0) is 18.4 Å². The molecule has 0 rings (SSSR count). The number of carboxylic acid groups (broad SMARTS) is 4. The van der Waals surface area contributed by atoms with E-state index in [0.29, 0.717) is 6.42 Å². The second-order valence-electron chi connectivity index (χ2n) is 3.87. The van der Waals surface area contributed by atoms with Gasteiger partial charge in [-0.25, -0.2) is 0 Å². The lowest BCUT2D eigenvalue weighted by molar-refractivity contribution is -0.144. The van der Waals surface area contributed by atoms with E-state index in [0.717, 1.165) is 5.75 Å². The van der Waals surface area contributed by atoms with Crippen molar-refractivity contribution in [2.45, 2.75) is 24.9 Å². The molecule has 0 aliphatic rings. The highest BCUT2D eigenvalue weighted by molar-refractivity contribution is 7.98. The maximum absolute atomic E-state index is 10.1. The van der Waals surface area contributed by atoms with Crippen LogP contribution >= 0.6 is 11.8 Å². The normalized spacial score (nSPS) is 11.7. The van der Waals surface area contributed by atoms with Crippen LogP contribution in [0.15, 0.2) is 0 Å². The van der Waals surface area contributed by atoms with Crippen LogP contribution in [0.1, 0.15) is 12.8 Å². The average Bonchev–Trinajstić information content (AvgIpc) is 2.44. The van der Waals surface area contributed by atoms with Crippen LogP contribution in [0, 0.1) is 0 Å². The molecule has 0 bridgehead atoms. The zero-order valence-electron chi connectivity index (χ0n) is 12.5. The fraction of sp³-hybridized carbons (Fsp3) is 0.636. The van der Waals surface area contributed by atoms with E-state index in [1.54, 1.807) is 11.8 Å². The molecule has 10 N–H and O–H groups in total. The van der Waals surface area contributed by atoms with Crippen molar-refractivity contribution in [3.63, 3.8) is 0 Å². The Hall–Kier alpha value is -1.89. The molecule has 0 fully saturated rings. The fourth-order valence-corrected chi connectivity index (χ4v) is 1.13. The molecule has 2 unspecified atom stereocenters. The summed E-state index contributed by atoms with van der Waals surface area (Å²) in [5.41, 5.74) is 14.6. The van der Waals surface area contributed by atoms with E-state index in [1.807, 2.05) is 6.26 Å². The molecule has 0 aromatic heterocycles. The van der Waals surface area contributed by atoms with E-state index in [9.17, 15) is 19.2 Å². The standard InChI is InChI=1S/C5H11NO2S.C4H7NO4.C2H5NO2/c1-9-3-2-4(6)5(7)8;5-2(4(8)9)1-3(6)7;3-1-2(4)5/h4H,2-3,6H2,1H3,(H,7,8);2H,1,5H2,(H,6,7)(H,8,9);1,3H2,(H,4,5). The van der Waals surface area contributed by atoms with Gasteiger partial charge in [-0.3, -0.25) is 19.2 Å². The number of thioether (sulfide) groups is 1. The lowest BCUT2D eigenvalue weighted by atomic mass is 10.2. The third kappa shape index (κ3) is 25.4. The first kappa shape index (κ1) is 26.0. The molecule has 0 heterocycles. The van der Waals surface area contributed by atoms with Gasteiger partial charge in [-0.15, -0.1) is 0 Å². The van der Waals surface area contributed by atoms with Crippen LogP contribution < -0.4 is 17.2 Å². The van der Waals surface area contributed by atoms with Gasteiger partial charge < -0.3 is 37.6 Å². The minimum atomic E-state index is -1.29. The van der Waals surface area contributed by atoms with Crippen molar-refractivity contribution in [2.24, 2.45) is 17.2 Å². The quantitative estimate of drug-likeness (QED) is 0.251. The van der Waals surface area contributed by atoms with Crippen LogP contribution in [0.4, 0.5) is 0 Å². The predicted molar refractivity (Wildman–Crippen MR) is 83.2 cm³/mol. The van der Waals surface area contributed by atoms with Gasteiger partial charge in [0.2, 0.25) is 0 Å². The third-order valence-electron chi connectivity index (χ3n) is 1.84. The summed E-state index contributed by atoms with van der Waals surface area (Å²) >= 11 is 1.60. The summed E-state index contributed by atoms with van der Waals surface area (Å²) in [6.07, 6.45) is 1.94. The molecular formula is C11H23N3O8S. The monoisotopic (exact) mass is 357 g/mol. The van der Waals surface area contributed by atoms with Crippen molar-refractivity contribution in [1.29, 1.82) is 0 Å². The van der Waals surface area contributed by atoms with Crippen LogP contribution in [-0.4, -0.2) is 74.9 Å². The second-order valence-corrected chi connectivity index (χ2v) is 4.85. The van der Waals surface area contributed by atoms with Gasteiger partial charge in [-0.1, -0.05) is 0 Å². The highest BCUT2D eigenvalue weighted by atomic mass is 32.2. The molecular weight excluding hydrogens is 334 g/mol. The Balaban J connectivity index is -0.000000273. The molecule has 0 saturated heterocycles. The molecule has 0 radical (unpaired) electrons. The van der Waals surface area contributed by atoms with Gasteiger partial charge >= 0.3 is 23.9 Å². The summed E-state index contributed by atoms with van der Waals surface area (Å²) in [7, 11) is 0. The minimum Gasteiger partial charge on any atom is -0.481 e. The summed E-state index contributed by atoms with van der Waals surface area (Å²) in [4.78, 5) is 38.9. The van der Waals surface area contributed by atoms with Crippen molar-refractivity contribution < 1.29 is 39.6 Å². The van der Waals surface area contributed by atoms with E-state index in [4.69, 9.17) is 31.9 Å². The van der Waals surface area contributed by atoms with E-state index in [-0.39, 0.29) is 6.54 Å². The molecule has 12 heteroatoms. The van der Waals surface area contributed by atoms with Crippen LogP contribution in [0.2, 0.25) is 0 Å². The van der Waals surface area contributed by atoms with Crippen LogP contribution in [0.5, 0.6) is 0 Å². The van der Waals surface area contributed by atoms with E-state index in [2.05, 4.69) is 5.73 Å². The van der Waals surface area contributed by atoms with E-state index >= 15 is 0 Å². The number of nitrogens with two attached hydrogens (primary N) is 3. The number of carboxylic acids is 4. The Kier molecular flexibility index (Phi) is 18.7. The Morgan fingerprint density at radius 1 is 0.913 bits per heavy atom. The minimum absolute atomic E-state index is 0.278. The number of rotatable bonds is 8. The Labute approximate surface area is 136 Å². The maximum atomic E-state index is 10.1. The van der Waals surface area contributed by atoms with Gasteiger partial charge in [0, 0.05) is 0 Å². The molecule has 136 valence electrons. The lowest BCUT2D eigenvalue weighted by Crippen LogP contribution is -2.32. The summed E-state index contributed by atoms with van der Waals surface area (Å²) in [6, 6.07) is -1.97. The van der Waals surface area contributed by atoms with Gasteiger partial charge in [-0.2, -0.15) is 11.8 Å². The molecule has 0 aliphatic heterocycles. The highest BCUT2D eigenvalue weighted by Gasteiger charge is 2.14. The molecule has 11 nitrogen and oxygen atoms in total. The third-order valence-corrected chi connectivity index (χ3v) is 2.48. The van der Waals surface area contributed by atoms with Gasteiger partial charge in [0.25, 0.3) is 0 Å². The number of carbonyl (C=O) groups is 4. The van der Waals surface area contributed by atoms with Crippen molar-refractivity contribution in [1.82, 2.24) is 0 Å². The Morgan fingerprint density at radius 3 is 1.48 bits per heavy atom. The molecule has 0 aromatic rings. The maximum Gasteiger partial charge on any atom is 0.321 e. The van der Waals surface area contributed by atoms with Crippen LogP contribution in [0.3, 0.4) is 0 Å². The van der Waals surface area contributed by atoms with E-state index in [1.165, 1.54) is 0 Å². The average molecular weight is 357 g/mol. The first-order chi connectivity index (χ1) is 10.5. The van der Waals surface area contributed by atoms with Crippen molar-refractivity contribution in [3.8, 4) is 0 Å². The number of hydrogen-bond donors (Lipinski definition) is 7. The van der Waals surface area contributed by atoms with E-state index < -0.39 is 42.4 Å². The highest BCUT2D eigenvalue weighted by Crippen LogP contribution is 1.97. The van der Waals surface area contributed by atoms with Gasteiger partial charge in [0.05, 0.1) is 13.0 Å². The predicted octanol–water partition coefficient (Wildman–Crippen LogP) is -1.95. The van der Waals surface area contributed by atoms with Gasteiger partial charge in [0.15, 0.2) is 0 Å².